The summed E-state index contributed by atoms with van der Waals surface area (Å²) in [5.74, 6) is -0.0493. The summed E-state index contributed by atoms with van der Waals surface area (Å²) in [6.45, 7) is 0. The molecule has 0 saturated heterocycles. The Balaban J connectivity index is 2.65. The number of carbonyl (C=O) groups excluding carboxylic acids is 1. The number of carbonyl (C=O) groups is 1. The zero-order valence-electron chi connectivity index (χ0n) is 9.91. The van der Waals surface area contributed by atoms with Crippen LogP contribution in [-0.2, 0) is 0 Å². The number of rotatable bonds is 3. The highest BCUT2D eigenvalue weighted by Crippen LogP contribution is 2.37. The van der Waals surface area contributed by atoms with Gasteiger partial charge in [-0.25, -0.2) is 4.39 Å². The van der Waals surface area contributed by atoms with E-state index >= 15 is 0 Å². The van der Waals surface area contributed by atoms with E-state index in [2.05, 4.69) is 0 Å². The van der Waals surface area contributed by atoms with Crippen LogP contribution in [0.15, 0.2) is 30.3 Å². The molecular formula is C14H9Cl2FO2. The van der Waals surface area contributed by atoms with Crippen molar-refractivity contribution in [2.24, 2.45) is 0 Å². The van der Waals surface area contributed by atoms with Crippen molar-refractivity contribution < 1.29 is 13.9 Å². The van der Waals surface area contributed by atoms with E-state index in [-0.39, 0.29) is 5.56 Å². The van der Waals surface area contributed by atoms with Gasteiger partial charge in [-0.05, 0) is 23.8 Å². The molecule has 0 N–H and O–H groups in total. The molecule has 0 aromatic heterocycles. The molecule has 0 aliphatic heterocycles. The molecule has 2 nitrogen and oxygen atoms in total. The predicted molar refractivity (Wildman–Crippen MR) is 73.8 cm³/mol. The minimum Gasteiger partial charge on any atom is -0.495 e. The minimum absolute atomic E-state index is 0.211. The molecule has 0 saturated carbocycles. The average Bonchev–Trinajstić information content (AvgIpc) is 2.41. The minimum atomic E-state index is -0.485. The van der Waals surface area contributed by atoms with Gasteiger partial charge in [-0.1, -0.05) is 29.3 Å². The van der Waals surface area contributed by atoms with Gasteiger partial charge in [-0.3, -0.25) is 4.79 Å². The third-order valence-corrected chi connectivity index (χ3v) is 3.28. The van der Waals surface area contributed by atoms with Crippen molar-refractivity contribution in [1.82, 2.24) is 0 Å². The van der Waals surface area contributed by atoms with Crippen LogP contribution < -0.4 is 4.74 Å². The quantitative estimate of drug-likeness (QED) is 0.773. The summed E-state index contributed by atoms with van der Waals surface area (Å²) in [7, 11) is 1.48. The highest BCUT2D eigenvalue weighted by Gasteiger charge is 2.13. The van der Waals surface area contributed by atoms with Crippen LogP contribution in [0.2, 0.25) is 10.0 Å². The first kappa shape index (κ1) is 13.8. The largest absolute Gasteiger partial charge is 0.495 e. The molecule has 0 unspecified atom stereocenters. The molecule has 0 amide bonds. The SMILES string of the molecule is COc1cc(Cl)c(-c2ccc(F)cc2C=O)cc1Cl. The monoisotopic (exact) mass is 298 g/mol. The maximum absolute atomic E-state index is 13.1. The normalized spacial score (nSPS) is 10.3. The van der Waals surface area contributed by atoms with Crippen molar-refractivity contribution in [2.75, 3.05) is 7.11 Å². The summed E-state index contributed by atoms with van der Waals surface area (Å²) in [5, 5.41) is 0.735. The molecular weight excluding hydrogens is 290 g/mol. The van der Waals surface area contributed by atoms with Crippen LogP contribution in [0.3, 0.4) is 0 Å². The van der Waals surface area contributed by atoms with Gasteiger partial charge < -0.3 is 4.74 Å². The third kappa shape index (κ3) is 2.72. The van der Waals surface area contributed by atoms with Gasteiger partial charge in [-0.2, -0.15) is 0 Å². The summed E-state index contributed by atoms with van der Waals surface area (Å²) in [6.07, 6.45) is 0.576. The van der Waals surface area contributed by atoms with E-state index in [4.69, 9.17) is 27.9 Å². The van der Waals surface area contributed by atoms with Gasteiger partial charge in [0.05, 0.1) is 17.2 Å². The maximum Gasteiger partial charge on any atom is 0.150 e. The standard InChI is InChI=1S/C14H9Cl2FO2/c1-19-14-6-12(15)11(5-13(14)16)10-3-2-9(17)4-8(10)7-18/h2-7H,1H3. The molecule has 0 bridgehead atoms. The van der Waals surface area contributed by atoms with Crippen molar-refractivity contribution in [2.45, 2.75) is 0 Å². The Morgan fingerprint density at radius 1 is 1.11 bits per heavy atom. The Hall–Kier alpha value is -1.58. The van der Waals surface area contributed by atoms with E-state index in [1.54, 1.807) is 12.1 Å². The van der Waals surface area contributed by atoms with Crippen molar-refractivity contribution >= 4 is 29.5 Å². The topological polar surface area (TPSA) is 26.3 Å². The number of methoxy groups -OCH3 is 1. The van der Waals surface area contributed by atoms with E-state index in [9.17, 15) is 9.18 Å². The van der Waals surface area contributed by atoms with E-state index in [1.807, 2.05) is 0 Å². The molecule has 0 heterocycles. The second kappa shape index (κ2) is 5.59. The fraction of sp³-hybridized carbons (Fsp3) is 0.0714. The predicted octanol–water partition coefficient (Wildman–Crippen LogP) is 4.62. The fourth-order valence-electron chi connectivity index (χ4n) is 1.77. The molecule has 2 rings (SSSR count). The Morgan fingerprint density at radius 2 is 1.84 bits per heavy atom. The van der Waals surface area contributed by atoms with E-state index in [1.165, 1.54) is 19.2 Å². The summed E-state index contributed by atoms with van der Waals surface area (Å²) in [6, 6.07) is 7.04. The maximum atomic E-state index is 13.1. The average molecular weight is 299 g/mol. The van der Waals surface area contributed by atoms with E-state index in [0.717, 1.165) is 6.07 Å². The summed E-state index contributed by atoms with van der Waals surface area (Å²) >= 11 is 12.2. The van der Waals surface area contributed by atoms with Gasteiger partial charge in [0.15, 0.2) is 6.29 Å². The zero-order valence-corrected chi connectivity index (χ0v) is 11.4. The Kier molecular flexibility index (Phi) is 4.08. The van der Waals surface area contributed by atoms with Gasteiger partial charge in [0, 0.05) is 17.2 Å². The first-order valence-corrected chi connectivity index (χ1v) is 6.10. The number of aldehydes is 1. The fourth-order valence-corrected chi connectivity index (χ4v) is 2.26. The van der Waals surface area contributed by atoms with Gasteiger partial charge in [0.2, 0.25) is 0 Å². The Morgan fingerprint density at radius 3 is 2.47 bits per heavy atom. The molecule has 5 heteroatoms. The lowest BCUT2D eigenvalue weighted by atomic mass is 10.00. The van der Waals surface area contributed by atoms with Crippen molar-refractivity contribution in [3.63, 3.8) is 0 Å². The number of hydrogen-bond acceptors (Lipinski definition) is 2. The van der Waals surface area contributed by atoms with Gasteiger partial charge in [0.1, 0.15) is 11.6 Å². The van der Waals surface area contributed by atoms with Crippen molar-refractivity contribution in [3.8, 4) is 16.9 Å². The molecule has 0 spiro atoms. The number of benzene rings is 2. The summed E-state index contributed by atoms with van der Waals surface area (Å²) in [5.41, 5.74) is 1.28. The first-order chi connectivity index (χ1) is 9.06. The van der Waals surface area contributed by atoms with Gasteiger partial charge in [-0.15, -0.1) is 0 Å². The summed E-state index contributed by atoms with van der Waals surface area (Å²) < 4.78 is 18.2. The molecule has 0 aliphatic rings. The smallest absolute Gasteiger partial charge is 0.150 e. The zero-order chi connectivity index (χ0) is 14.0. The van der Waals surface area contributed by atoms with Crippen molar-refractivity contribution in [1.29, 1.82) is 0 Å². The van der Waals surface area contributed by atoms with Crippen LogP contribution in [-0.4, -0.2) is 13.4 Å². The lowest BCUT2D eigenvalue weighted by Crippen LogP contribution is -1.92. The molecule has 98 valence electrons. The number of ether oxygens (including phenoxy) is 1. The number of hydrogen-bond donors (Lipinski definition) is 0. The van der Waals surface area contributed by atoms with Crippen LogP contribution in [0, 0.1) is 5.82 Å². The molecule has 0 atom stereocenters. The lowest BCUT2D eigenvalue weighted by molar-refractivity contribution is 0.112. The molecule has 0 fully saturated rings. The van der Waals surface area contributed by atoms with Crippen LogP contribution in [0.4, 0.5) is 4.39 Å². The second-order valence-corrected chi connectivity index (χ2v) is 4.63. The van der Waals surface area contributed by atoms with E-state index in [0.29, 0.717) is 33.2 Å². The van der Waals surface area contributed by atoms with E-state index < -0.39 is 5.82 Å². The van der Waals surface area contributed by atoms with Crippen molar-refractivity contribution in [3.05, 3.63) is 51.8 Å². The molecule has 0 aliphatic carbocycles. The van der Waals surface area contributed by atoms with Crippen LogP contribution in [0.5, 0.6) is 5.75 Å². The highest BCUT2D eigenvalue weighted by molar-refractivity contribution is 6.36. The second-order valence-electron chi connectivity index (χ2n) is 3.82. The highest BCUT2D eigenvalue weighted by atomic mass is 35.5. The Bertz CT molecular complexity index is 642. The summed E-state index contributed by atoms with van der Waals surface area (Å²) in [4.78, 5) is 11.0. The first-order valence-electron chi connectivity index (χ1n) is 5.35. The molecule has 19 heavy (non-hydrogen) atoms. The molecule has 0 radical (unpaired) electrons. The Labute approximate surface area is 119 Å². The lowest BCUT2D eigenvalue weighted by Gasteiger charge is -2.11. The third-order valence-electron chi connectivity index (χ3n) is 2.67. The number of halogens is 3. The van der Waals surface area contributed by atoms with Crippen LogP contribution in [0.25, 0.3) is 11.1 Å². The van der Waals surface area contributed by atoms with Gasteiger partial charge in [0.25, 0.3) is 0 Å². The molecule has 2 aromatic carbocycles. The van der Waals surface area contributed by atoms with Crippen LogP contribution >= 0.6 is 23.2 Å². The van der Waals surface area contributed by atoms with Crippen LogP contribution in [0.1, 0.15) is 10.4 Å². The van der Waals surface area contributed by atoms with Gasteiger partial charge >= 0.3 is 0 Å². The molecule has 2 aromatic rings.